The quantitative estimate of drug-likeness (QED) is 0.636. The van der Waals surface area contributed by atoms with Crippen molar-refractivity contribution in [2.24, 2.45) is 0 Å². The molecule has 4 rings (SSSR count). The Hall–Kier alpha value is -3.61. The zero-order chi connectivity index (χ0) is 20.9. The van der Waals surface area contributed by atoms with Gasteiger partial charge in [-0.1, -0.05) is 18.2 Å². The summed E-state index contributed by atoms with van der Waals surface area (Å²) in [5.74, 6) is -0.968. The number of hydrogen-bond donors (Lipinski definition) is 1. The van der Waals surface area contributed by atoms with Gasteiger partial charge in [-0.25, -0.2) is 9.48 Å². The van der Waals surface area contributed by atoms with Gasteiger partial charge < -0.3 is 15.0 Å². The highest BCUT2D eigenvalue weighted by Crippen LogP contribution is 2.25. The molecule has 1 aliphatic heterocycles. The number of nitrogens with one attached hydrogen (secondary N) is 1. The number of ether oxygens (including phenoxy) is 1. The molecule has 2 aromatic carbocycles. The van der Waals surface area contributed by atoms with E-state index >= 15 is 0 Å². The van der Waals surface area contributed by atoms with Crippen molar-refractivity contribution < 1.29 is 14.3 Å². The first-order valence-corrected chi connectivity index (χ1v) is 10.0. The Kier molecular flexibility index (Phi) is 5.79. The lowest BCUT2D eigenvalue weighted by atomic mass is 10.1. The Morgan fingerprint density at radius 1 is 1.07 bits per heavy atom. The summed E-state index contributed by atoms with van der Waals surface area (Å²) in [7, 11) is 0. The van der Waals surface area contributed by atoms with Gasteiger partial charge in [0.2, 0.25) is 0 Å². The molecule has 0 bridgehead atoms. The third-order valence-corrected chi connectivity index (χ3v) is 5.13. The van der Waals surface area contributed by atoms with Crippen molar-refractivity contribution in [2.45, 2.75) is 19.8 Å². The number of anilines is 2. The van der Waals surface area contributed by atoms with Gasteiger partial charge in [0.05, 0.1) is 17.4 Å². The van der Waals surface area contributed by atoms with Gasteiger partial charge in [0.1, 0.15) is 0 Å². The largest absolute Gasteiger partial charge is 0.452 e. The smallest absolute Gasteiger partial charge is 0.341 e. The van der Waals surface area contributed by atoms with Crippen LogP contribution in [0.2, 0.25) is 0 Å². The molecule has 3 aromatic rings. The van der Waals surface area contributed by atoms with Crippen LogP contribution in [0, 0.1) is 6.92 Å². The number of carbonyl (C=O) groups is 2. The van der Waals surface area contributed by atoms with Crippen LogP contribution < -0.4 is 10.2 Å². The van der Waals surface area contributed by atoms with Crippen molar-refractivity contribution in [3.8, 4) is 5.69 Å². The molecule has 2 heterocycles. The third-order valence-electron chi connectivity index (χ3n) is 5.13. The van der Waals surface area contributed by atoms with Gasteiger partial charge in [-0.2, -0.15) is 5.10 Å². The number of hydrogen-bond acceptors (Lipinski definition) is 5. The van der Waals surface area contributed by atoms with E-state index in [9.17, 15) is 9.59 Å². The molecule has 0 spiro atoms. The normalized spacial score (nSPS) is 13.3. The zero-order valence-corrected chi connectivity index (χ0v) is 16.9. The average molecular weight is 404 g/mol. The Morgan fingerprint density at radius 3 is 2.57 bits per heavy atom. The molecule has 0 unspecified atom stereocenters. The Bertz CT molecular complexity index is 1040. The minimum Gasteiger partial charge on any atom is -0.452 e. The monoisotopic (exact) mass is 404 g/mol. The number of nitrogens with zero attached hydrogens (tertiary/aromatic N) is 3. The summed E-state index contributed by atoms with van der Waals surface area (Å²) in [5.41, 5.74) is 3.99. The third kappa shape index (κ3) is 4.51. The highest BCUT2D eigenvalue weighted by molar-refractivity contribution is 5.95. The zero-order valence-electron chi connectivity index (χ0n) is 16.9. The van der Waals surface area contributed by atoms with Gasteiger partial charge >= 0.3 is 5.97 Å². The first-order chi connectivity index (χ1) is 14.6. The first kappa shape index (κ1) is 19.7. The van der Waals surface area contributed by atoms with Crippen LogP contribution in [-0.4, -0.2) is 41.4 Å². The molecule has 1 saturated heterocycles. The van der Waals surface area contributed by atoms with Crippen LogP contribution in [0.5, 0.6) is 0 Å². The topological polar surface area (TPSA) is 76.5 Å². The van der Waals surface area contributed by atoms with E-state index in [1.165, 1.54) is 24.7 Å². The van der Waals surface area contributed by atoms with E-state index in [4.69, 9.17) is 4.74 Å². The molecule has 1 aliphatic rings. The van der Waals surface area contributed by atoms with Gasteiger partial charge in [0.25, 0.3) is 5.91 Å². The molecule has 1 amide bonds. The van der Waals surface area contributed by atoms with Crippen molar-refractivity contribution in [3.05, 3.63) is 72.1 Å². The second kappa shape index (κ2) is 8.82. The van der Waals surface area contributed by atoms with E-state index in [0.29, 0.717) is 0 Å². The fourth-order valence-electron chi connectivity index (χ4n) is 3.51. The molecular formula is C23H24N4O3. The predicted molar refractivity (Wildman–Crippen MR) is 115 cm³/mol. The number of esters is 1. The molecule has 1 aromatic heterocycles. The lowest BCUT2D eigenvalue weighted by Crippen LogP contribution is -2.21. The average Bonchev–Trinajstić information content (AvgIpc) is 3.46. The minimum atomic E-state index is -0.589. The summed E-state index contributed by atoms with van der Waals surface area (Å²) in [6.07, 6.45) is 5.44. The van der Waals surface area contributed by atoms with Gasteiger partial charge in [0, 0.05) is 30.7 Å². The molecule has 1 fully saturated rings. The Morgan fingerprint density at radius 2 is 1.83 bits per heavy atom. The molecule has 0 atom stereocenters. The lowest BCUT2D eigenvalue weighted by molar-refractivity contribution is -0.119. The number of rotatable bonds is 6. The summed E-state index contributed by atoms with van der Waals surface area (Å²) >= 11 is 0. The van der Waals surface area contributed by atoms with Gasteiger partial charge in [-0.3, -0.25) is 4.79 Å². The van der Waals surface area contributed by atoms with E-state index in [1.54, 1.807) is 10.9 Å². The number of amides is 1. The van der Waals surface area contributed by atoms with Crippen molar-refractivity contribution in [3.63, 3.8) is 0 Å². The fourth-order valence-corrected chi connectivity index (χ4v) is 3.51. The molecule has 154 valence electrons. The Labute approximate surface area is 175 Å². The summed E-state index contributed by atoms with van der Waals surface area (Å²) < 4.78 is 6.73. The van der Waals surface area contributed by atoms with Crippen LogP contribution in [0.1, 0.15) is 28.8 Å². The molecule has 1 N–H and O–H groups in total. The van der Waals surface area contributed by atoms with Gasteiger partial charge in [-0.05, 0) is 55.7 Å². The summed E-state index contributed by atoms with van der Waals surface area (Å²) in [6, 6.07) is 15.4. The molecular weight excluding hydrogens is 380 g/mol. The maximum Gasteiger partial charge on any atom is 0.341 e. The van der Waals surface area contributed by atoms with Crippen LogP contribution >= 0.6 is 0 Å². The molecule has 0 radical (unpaired) electrons. The summed E-state index contributed by atoms with van der Waals surface area (Å²) in [4.78, 5) is 26.8. The predicted octanol–water partition coefficient (Wildman–Crippen LogP) is 3.58. The van der Waals surface area contributed by atoms with Crippen molar-refractivity contribution in [1.29, 1.82) is 0 Å². The SMILES string of the molecule is Cc1cc(N2CCCC2)ccc1NC(=O)COC(=O)c1cnn(-c2ccccc2)c1. The van der Waals surface area contributed by atoms with E-state index < -0.39 is 5.97 Å². The van der Waals surface area contributed by atoms with E-state index in [2.05, 4.69) is 21.4 Å². The molecule has 30 heavy (non-hydrogen) atoms. The number of para-hydroxylation sites is 1. The highest BCUT2D eigenvalue weighted by Gasteiger charge is 2.15. The standard InChI is InChI=1S/C23H24N4O3/c1-17-13-20(26-11-5-6-12-26)9-10-21(17)25-22(28)16-30-23(29)18-14-24-27(15-18)19-7-3-2-4-8-19/h2-4,7-10,13-15H,5-6,11-12,16H2,1H3,(H,25,28). The van der Waals surface area contributed by atoms with Crippen LogP contribution in [0.15, 0.2) is 60.9 Å². The maximum absolute atomic E-state index is 12.2. The second-order valence-corrected chi connectivity index (χ2v) is 7.33. The van der Waals surface area contributed by atoms with Gasteiger partial charge in [-0.15, -0.1) is 0 Å². The van der Waals surface area contributed by atoms with Crippen LogP contribution in [0.4, 0.5) is 11.4 Å². The summed E-state index contributed by atoms with van der Waals surface area (Å²) in [5, 5.41) is 6.98. The van der Waals surface area contributed by atoms with Crippen molar-refractivity contribution >= 4 is 23.3 Å². The number of aromatic nitrogens is 2. The van der Waals surface area contributed by atoms with Crippen LogP contribution in [-0.2, 0) is 9.53 Å². The number of carbonyl (C=O) groups excluding carboxylic acids is 2. The first-order valence-electron chi connectivity index (χ1n) is 10.0. The van der Waals surface area contributed by atoms with E-state index in [0.717, 1.165) is 30.0 Å². The van der Waals surface area contributed by atoms with Crippen LogP contribution in [0.3, 0.4) is 0 Å². The minimum absolute atomic E-state index is 0.290. The number of aryl methyl sites for hydroxylation is 1. The van der Waals surface area contributed by atoms with Gasteiger partial charge in [0.15, 0.2) is 6.61 Å². The van der Waals surface area contributed by atoms with Crippen LogP contribution in [0.25, 0.3) is 5.69 Å². The van der Waals surface area contributed by atoms with Crippen molar-refractivity contribution in [1.82, 2.24) is 9.78 Å². The maximum atomic E-state index is 12.2. The second-order valence-electron chi connectivity index (χ2n) is 7.33. The van der Waals surface area contributed by atoms with E-state index in [-0.39, 0.29) is 18.1 Å². The summed E-state index contributed by atoms with van der Waals surface area (Å²) in [6.45, 7) is 3.74. The van der Waals surface area contributed by atoms with Crippen molar-refractivity contribution in [2.75, 3.05) is 29.9 Å². The lowest BCUT2D eigenvalue weighted by Gasteiger charge is -2.19. The van der Waals surface area contributed by atoms with E-state index in [1.807, 2.05) is 49.4 Å². The number of benzene rings is 2. The molecule has 7 nitrogen and oxygen atoms in total. The highest BCUT2D eigenvalue weighted by atomic mass is 16.5. The molecule has 0 saturated carbocycles. The molecule has 7 heteroatoms. The molecule has 0 aliphatic carbocycles. The fraction of sp³-hybridized carbons (Fsp3) is 0.261. The Balaban J connectivity index is 1.31.